The lowest BCUT2D eigenvalue weighted by Gasteiger charge is -2.20. The Bertz CT molecular complexity index is 699. The highest BCUT2D eigenvalue weighted by Crippen LogP contribution is 2.31. The van der Waals surface area contributed by atoms with Crippen LogP contribution in [0, 0.1) is 12.8 Å². The van der Waals surface area contributed by atoms with Gasteiger partial charge >= 0.3 is 0 Å². The van der Waals surface area contributed by atoms with Crippen LogP contribution in [0.1, 0.15) is 44.6 Å². The van der Waals surface area contributed by atoms with Gasteiger partial charge in [0.05, 0.1) is 19.2 Å². The number of halogens is 1. The van der Waals surface area contributed by atoms with Crippen molar-refractivity contribution in [1.82, 2.24) is 5.32 Å². The van der Waals surface area contributed by atoms with Crippen molar-refractivity contribution in [3.8, 4) is 5.75 Å². The van der Waals surface area contributed by atoms with E-state index in [4.69, 9.17) is 14.9 Å². The molecule has 0 spiro atoms. The molecular weight excluding hydrogens is 328 g/mol. The molecule has 1 aromatic heterocycles. The van der Waals surface area contributed by atoms with Gasteiger partial charge in [-0.3, -0.25) is 4.79 Å². The van der Waals surface area contributed by atoms with Crippen LogP contribution < -0.4 is 15.8 Å². The second kappa shape index (κ2) is 8.40. The molecular formula is C18H27ClN2O3. The maximum atomic E-state index is 12.3. The largest absolute Gasteiger partial charge is 0.497 e. The fraction of sp³-hybridized carbons (Fsp3) is 0.500. The Kier molecular flexibility index (Phi) is 7.11. The van der Waals surface area contributed by atoms with Crippen LogP contribution >= 0.6 is 12.4 Å². The van der Waals surface area contributed by atoms with Gasteiger partial charge in [-0.2, -0.15) is 0 Å². The summed E-state index contributed by atoms with van der Waals surface area (Å²) >= 11 is 0. The topological polar surface area (TPSA) is 77.5 Å². The molecule has 0 fully saturated rings. The van der Waals surface area contributed by atoms with E-state index in [0.717, 1.165) is 34.5 Å². The van der Waals surface area contributed by atoms with Crippen LogP contribution in [0.15, 0.2) is 22.6 Å². The van der Waals surface area contributed by atoms with Crippen LogP contribution in [-0.4, -0.2) is 19.1 Å². The smallest absolute Gasteiger partial charge is 0.237 e. The highest BCUT2D eigenvalue weighted by molar-refractivity contribution is 5.85. The molecule has 0 aliphatic heterocycles. The third-order valence-corrected chi connectivity index (χ3v) is 4.49. The predicted molar refractivity (Wildman–Crippen MR) is 98.7 cm³/mol. The third-order valence-electron chi connectivity index (χ3n) is 4.49. The lowest BCUT2D eigenvalue weighted by atomic mass is 9.99. The van der Waals surface area contributed by atoms with Crippen molar-refractivity contribution in [3.63, 3.8) is 0 Å². The maximum absolute atomic E-state index is 12.3. The Morgan fingerprint density at radius 2 is 2.04 bits per heavy atom. The van der Waals surface area contributed by atoms with Crippen molar-refractivity contribution < 1.29 is 13.9 Å². The predicted octanol–water partition coefficient (Wildman–Crippen LogP) is 3.72. The molecule has 3 N–H and O–H groups in total. The summed E-state index contributed by atoms with van der Waals surface area (Å²) in [4.78, 5) is 12.3. The number of rotatable bonds is 6. The Labute approximate surface area is 149 Å². The van der Waals surface area contributed by atoms with Crippen LogP contribution in [0.3, 0.4) is 0 Å². The molecule has 134 valence electrons. The second-order valence-corrected chi connectivity index (χ2v) is 6.09. The van der Waals surface area contributed by atoms with Crippen molar-refractivity contribution in [3.05, 3.63) is 29.5 Å². The summed E-state index contributed by atoms with van der Waals surface area (Å²) in [5.74, 6) is 1.52. The third kappa shape index (κ3) is 4.02. The van der Waals surface area contributed by atoms with Crippen LogP contribution in [0.4, 0.5) is 0 Å². The van der Waals surface area contributed by atoms with Gasteiger partial charge in [0, 0.05) is 10.9 Å². The lowest BCUT2D eigenvalue weighted by molar-refractivity contribution is -0.124. The average Bonchev–Trinajstić information content (AvgIpc) is 2.89. The van der Waals surface area contributed by atoms with Gasteiger partial charge in [0.1, 0.15) is 17.1 Å². The zero-order valence-corrected chi connectivity index (χ0v) is 15.7. The Balaban J connectivity index is 0.00000288. The number of hydrogen-bond donors (Lipinski definition) is 2. The summed E-state index contributed by atoms with van der Waals surface area (Å²) in [6, 6.07) is 4.93. The highest BCUT2D eigenvalue weighted by atomic mass is 35.5. The Morgan fingerprint density at radius 1 is 1.38 bits per heavy atom. The first-order chi connectivity index (χ1) is 10.9. The lowest BCUT2D eigenvalue weighted by Crippen LogP contribution is -2.45. The van der Waals surface area contributed by atoms with Gasteiger partial charge in [-0.05, 0) is 38.0 Å². The standard InChI is InChI=1S/C18H26N2O3.ClH/c1-6-10(2)16(19)18(21)20-12(4)17-11(3)14-9-13(22-5)7-8-15(14)23-17;/h7-10,12,16H,6,19H2,1-5H3,(H,20,21);1H. The number of nitrogens with one attached hydrogen (secondary N) is 1. The molecule has 1 aromatic carbocycles. The van der Waals surface area contributed by atoms with E-state index >= 15 is 0 Å². The Hall–Kier alpha value is -1.72. The molecule has 24 heavy (non-hydrogen) atoms. The SMILES string of the molecule is CCC(C)C(N)C(=O)NC(C)c1oc2ccc(OC)cc2c1C.Cl. The van der Waals surface area contributed by atoms with Gasteiger partial charge in [0.15, 0.2) is 0 Å². The molecule has 1 amide bonds. The summed E-state index contributed by atoms with van der Waals surface area (Å²) in [7, 11) is 1.64. The maximum Gasteiger partial charge on any atom is 0.237 e. The van der Waals surface area contributed by atoms with Gasteiger partial charge in [-0.15, -0.1) is 12.4 Å². The van der Waals surface area contributed by atoms with E-state index in [1.54, 1.807) is 7.11 Å². The van der Waals surface area contributed by atoms with E-state index in [0.29, 0.717) is 0 Å². The van der Waals surface area contributed by atoms with Crippen molar-refractivity contribution in [2.24, 2.45) is 11.7 Å². The number of benzene rings is 1. The summed E-state index contributed by atoms with van der Waals surface area (Å²) < 4.78 is 11.2. The van der Waals surface area contributed by atoms with Crippen molar-refractivity contribution in [1.29, 1.82) is 0 Å². The number of furan rings is 1. The van der Waals surface area contributed by atoms with E-state index in [1.807, 2.05) is 45.9 Å². The summed E-state index contributed by atoms with van der Waals surface area (Å²) in [6.07, 6.45) is 0.867. The van der Waals surface area contributed by atoms with Crippen molar-refractivity contribution >= 4 is 29.3 Å². The van der Waals surface area contributed by atoms with E-state index < -0.39 is 6.04 Å². The monoisotopic (exact) mass is 354 g/mol. The molecule has 2 aromatic rings. The summed E-state index contributed by atoms with van der Waals surface area (Å²) in [5.41, 5.74) is 7.78. The van der Waals surface area contributed by atoms with Gasteiger partial charge < -0.3 is 20.2 Å². The number of carbonyl (C=O) groups is 1. The minimum atomic E-state index is -0.507. The molecule has 3 unspecified atom stereocenters. The number of nitrogens with two attached hydrogens (primary N) is 1. The molecule has 6 heteroatoms. The number of fused-ring (bicyclic) bond motifs is 1. The van der Waals surface area contributed by atoms with E-state index in [9.17, 15) is 4.79 Å². The van der Waals surface area contributed by atoms with Gasteiger partial charge in [0.25, 0.3) is 0 Å². The van der Waals surface area contributed by atoms with Crippen LogP contribution in [0.2, 0.25) is 0 Å². The van der Waals surface area contributed by atoms with Crippen molar-refractivity contribution in [2.45, 2.75) is 46.2 Å². The number of hydrogen-bond acceptors (Lipinski definition) is 4. The first-order valence-electron chi connectivity index (χ1n) is 8.02. The molecule has 0 saturated carbocycles. The zero-order chi connectivity index (χ0) is 17.1. The van der Waals surface area contributed by atoms with Gasteiger partial charge in [0.2, 0.25) is 5.91 Å². The molecule has 5 nitrogen and oxygen atoms in total. The number of carbonyl (C=O) groups excluding carboxylic acids is 1. The first-order valence-corrected chi connectivity index (χ1v) is 8.02. The molecule has 3 atom stereocenters. The number of ether oxygens (including phenoxy) is 1. The molecule has 0 radical (unpaired) electrons. The normalized spacial score (nSPS) is 14.6. The first kappa shape index (κ1) is 20.3. The molecule has 0 aliphatic carbocycles. The van der Waals surface area contributed by atoms with Gasteiger partial charge in [-0.1, -0.05) is 20.3 Å². The summed E-state index contributed by atoms with van der Waals surface area (Å²) in [5, 5.41) is 3.94. The van der Waals surface area contributed by atoms with E-state index in [1.165, 1.54) is 0 Å². The quantitative estimate of drug-likeness (QED) is 0.828. The van der Waals surface area contributed by atoms with Crippen molar-refractivity contribution in [2.75, 3.05) is 7.11 Å². The number of methoxy groups -OCH3 is 1. The van der Waals surface area contributed by atoms with Gasteiger partial charge in [-0.25, -0.2) is 0 Å². The van der Waals surface area contributed by atoms with Crippen LogP contribution in [0.5, 0.6) is 5.75 Å². The second-order valence-electron chi connectivity index (χ2n) is 6.09. The molecule has 2 rings (SSSR count). The molecule has 0 aliphatic rings. The van der Waals surface area contributed by atoms with E-state index in [2.05, 4.69) is 5.32 Å². The molecule has 0 saturated heterocycles. The van der Waals surface area contributed by atoms with Crippen LogP contribution in [0.25, 0.3) is 11.0 Å². The number of amides is 1. The molecule has 1 heterocycles. The molecule has 0 bridgehead atoms. The fourth-order valence-electron chi connectivity index (χ4n) is 2.65. The summed E-state index contributed by atoms with van der Waals surface area (Å²) in [6.45, 7) is 7.90. The fourth-order valence-corrected chi connectivity index (χ4v) is 2.65. The van der Waals surface area contributed by atoms with Crippen LogP contribution in [-0.2, 0) is 4.79 Å². The zero-order valence-electron chi connectivity index (χ0n) is 14.9. The average molecular weight is 355 g/mol. The minimum Gasteiger partial charge on any atom is -0.497 e. The minimum absolute atomic E-state index is 0. The Morgan fingerprint density at radius 3 is 2.62 bits per heavy atom. The van der Waals surface area contributed by atoms with E-state index in [-0.39, 0.29) is 30.3 Å². The number of aryl methyl sites for hydroxylation is 1. The highest BCUT2D eigenvalue weighted by Gasteiger charge is 2.24.